The van der Waals surface area contributed by atoms with E-state index in [0.29, 0.717) is 11.7 Å². The zero-order chi connectivity index (χ0) is 20.1. The predicted octanol–water partition coefficient (Wildman–Crippen LogP) is 4.67. The quantitative estimate of drug-likeness (QED) is 0.502. The number of anilines is 1. The highest BCUT2D eigenvalue weighted by atomic mass is 32.1. The number of methoxy groups -OCH3 is 1. The van der Waals surface area contributed by atoms with Crippen LogP contribution in [0.15, 0.2) is 35.7 Å². The van der Waals surface area contributed by atoms with E-state index in [1.165, 1.54) is 0 Å². The van der Waals surface area contributed by atoms with Crippen molar-refractivity contribution in [2.24, 2.45) is 0 Å². The Morgan fingerprint density at radius 1 is 1.25 bits per heavy atom. The molecule has 3 aromatic rings. The average Bonchev–Trinajstić information content (AvgIpc) is 3.33. The van der Waals surface area contributed by atoms with E-state index in [-0.39, 0.29) is 5.91 Å². The smallest absolute Gasteiger partial charge is 0.252 e. The van der Waals surface area contributed by atoms with Crippen LogP contribution >= 0.6 is 22.7 Å². The van der Waals surface area contributed by atoms with Crippen molar-refractivity contribution in [2.45, 2.75) is 13.3 Å². The third kappa shape index (κ3) is 4.79. The normalized spacial score (nSPS) is 11.6. The van der Waals surface area contributed by atoms with Crippen molar-refractivity contribution in [1.82, 2.24) is 9.88 Å². The molecular formula is C21H25N3O2S2. The van der Waals surface area contributed by atoms with Crippen LogP contribution in [0.3, 0.4) is 0 Å². The third-order valence-corrected chi connectivity index (χ3v) is 6.38. The minimum Gasteiger partial charge on any atom is -0.494 e. The number of thiophene rings is 1. The van der Waals surface area contributed by atoms with Gasteiger partial charge in [-0.15, -0.1) is 11.3 Å². The lowest BCUT2D eigenvalue weighted by Crippen LogP contribution is -2.32. The zero-order valence-electron chi connectivity index (χ0n) is 16.6. The molecular weight excluding hydrogens is 390 g/mol. The first-order chi connectivity index (χ1) is 13.5. The summed E-state index contributed by atoms with van der Waals surface area (Å²) in [6, 6.07) is 7.93. The molecule has 1 amide bonds. The van der Waals surface area contributed by atoms with Gasteiger partial charge in [0, 0.05) is 17.5 Å². The maximum Gasteiger partial charge on any atom is 0.252 e. The van der Waals surface area contributed by atoms with E-state index >= 15 is 0 Å². The van der Waals surface area contributed by atoms with Crippen molar-refractivity contribution in [3.63, 3.8) is 0 Å². The van der Waals surface area contributed by atoms with Crippen molar-refractivity contribution in [3.05, 3.63) is 46.2 Å². The maximum atomic E-state index is 13.0. The van der Waals surface area contributed by atoms with Gasteiger partial charge in [-0.25, -0.2) is 4.98 Å². The SMILES string of the molecule is COc1ccc(C)c2sc(N(CCCN(C)C)C(=O)/C=C/c3cccs3)nc12. The fraction of sp³-hybridized carbons (Fsp3) is 0.333. The summed E-state index contributed by atoms with van der Waals surface area (Å²) in [6.07, 6.45) is 4.38. The van der Waals surface area contributed by atoms with Crippen LogP contribution in [0.25, 0.3) is 16.3 Å². The van der Waals surface area contributed by atoms with Gasteiger partial charge >= 0.3 is 0 Å². The van der Waals surface area contributed by atoms with E-state index in [9.17, 15) is 4.79 Å². The molecule has 0 saturated heterocycles. The topological polar surface area (TPSA) is 45.7 Å². The van der Waals surface area contributed by atoms with E-state index in [1.54, 1.807) is 40.8 Å². The molecule has 2 aromatic heterocycles. The van der Waals surface area contributed by atoms with Gasteiger partial charge < -0.3 is 9.64 Å². The van der Waals surface area contributed by atoms with Crippen molar-refractivity contribution < 1.29 is 9.53 Å². The number of rotatable bonds is 8. The summed E-state index contributed by atoms with van der Waals surface area (Å²) >= 11 is 3.15. The van der Waals surface area contributed by atoms with Crippen LogP contribution in [-0.2, 0) is 4.79 Å². The van der Waals surface area contributed by atoms with Gasteiger partial charge in [-0.05, 0) is 63.1 Å². The molecule has 5 nitrogen and oxygen atoms in total. The monoisotopic (exact) mass is 415 g/mol. The molecule has 0 spiro atoms. The fourth-order valence-corrected chi connectivity index (χ4v) is 4.55. The van der Waals surface area contributed by atoms with Gasteiger partial charge in [-0.2, -0.15) is 0 Å². The Bertz CT molecular complexity index is 962. The first-order valence-corrected chi connectivity index (χ1v) is 10.8. The van der Waals surface area contributed by atoms with E-state index in [1.807, 2.05) is 49.8 Å². The summed E-state index contributed by atoms with van der Waals surface area (Å²) in [5.41, 5.74) is 1.95. The number of ether oxygens (including phenoxy) is 1. The Labute approximate surface area is 173 Å². The molecule has 0 N–H and O–H groups in total. The molecule has 0 saturated carbocycles. The highest BCUT2D eigenvalue weighted by Gasteiger charge is 2.20. The van der Waals surface area contributed by atoms with Crippen LogP contribution < -0.4 is 9.64 Å². The predicted molar refractivity (Wildman–Crippen MR) is 120 cm³/mol. The number of amides is 1. The Morgan fingerprint density at radius 3 is 2.75 bits per heavy atom. The van der Waals surface area contributed by atoms with E-state index < -0.39 is 0 Å². The molecule has 1 aromatic carbocycles. The molecule has 7 heteroatoms. The Hall–Kier alpha value is -2.22. The Balaban J connectivity index is 1.92. The van der Waals surface area contributed by atoms with Crippen molar-refractivity contribution in [3.8, 4) is 5.75 Å². The molecule has 0 aliphatic rings. The molecule has 0 aliphatic carbocycles. The number of carbonyl (C=O) groups is 1. The zero-order valence-corrected chi connectivity index (χ0v) is 18.3. The summed E-state index contributed by atoms with van der Waals surface area (Å²) in [7, 11) is 5.72. The van der Waals surface area contributed by atoms with E-state index in [4.69, 9.17) is 9.72 Å². The number of nitrogens with zero attached hydrogens (tertiary/aromatic N) is 3. The standard InChI is InChI=1S/C21H25N3O2S2/c1-15-8-10-17(26-4)19-20(15)28-21(22-19)24(13-6-12-23(2)3)18(25)11-9-16-7-5-14-27-16/h5,7-11,14H,6,12-13H2,1-4H3/b11-9+. The molecule has 0 aliphatic heterocycles. The number of hydrogen-bond acceptors (Lipinski definition) is 6. The van der Waals surface area contributed by atoms with Crippen LogP contribution in [0, 0.1) is 6.92 Å². The van der Waals surface area contributed by atoms with Crippen molar-refractivity contribution in [2.75, 3.05) is 39.2 Å². The van der Waals surface area contributed by atoms with Crippen LogP contribution in [-0.4, -0.2) is 50.1 Å². The third-order valence-electron chi connectivity index (χ3n) is 4.33. The van der Waals surface area contributed by atoms with Crippen molar-refractivity contribution >= 4 is 50.0 Å². The van der Waals surface area contributed by atoms with Gasteiger partial charge in [0.15, 0.2) is 5.13 Å². The first kappa shape index (κ1) is 20.5. The van der Waals surface area contributed by atoms with Gasteiger partial charge in [0.05, 0.1) is 11.8 Å². The second kappa shape index (κ2) is 9.32. The van der Waals surface area contributed by atoms with Crippen LogP contribution in [0.5, 0.6) is 5.75 Å². The Kier molecular flexibility index (Phi) is 6.83. The minimum absolute atomic E-state index is 0.0529. The van der Waals surface area contributed by atoms with Gasteiger partial charge in [0.25, 0.3) is 5.91 Å². The molecule has 0 atom stereocenters. The highest BCUT2D eigenvalue weighted by molar-refractivity contribution is 7.22. The molecule has 0 unspecified atom stereocenters. The number of aromatic nitrogens is 1. The molecule has 0 bridgehead atoms. The van der Waals surface area contributed by atoms with Crippen LogP contribution in [0.2, 0.25) is 0 Å². The number of carbonyl (C=O) groups excluding carboxylic acids is 1. The van der Waals surface area contributed by atoms with E-state index in [0.717, 1.165) is 39.4 Å². The second-order valence-corrected chi connectivity index (χ2v) is 8.71. The van der Waals surface area contributed by atoms with Gasteiger partial charge in [-0.3, -0.25) is 9.69 Å². The lowest BCUT2D eigenvalue weighted by molar-refractivity contribution is -0.114. The number of benzene rings is 1. The van der Waals surface area contributed by atoms with Crippen LogP contribution in [0.4, 0.5) is 5.13 Å². The minimum atomic E-state index is -0.0529. The average molecular weight is 416 g/mol. The number of thiazole rings is 1. The molecule has 148 valence electrons. The largest absolute Gasteiger partial charge is 0.494 e. The van der Waals surface area contributed by atoms with Gasteiger partial charge in [-0.1, -0.05) is 23.5 Å². The summed E-state index contributed by atoms with van der Waals surface area (Å²) in [4.78, 5) is 22.7. The van der Waals surface area contributed by atoms with Crippen molar-refractivity contribution in [1.29, 1.82) is 0 Å². The molecule has 3 rings (SSSR count). The van der Waals surface area contributed by atoms with Crippen LogP contribution in [0.1, 0.15) is 16.9 Å². The molecule has 2 heterocycles. The van der Waals surface area contributed by atoms with Gasteiger partial charge in [0.1, 0.15) is 11.3 Å². The highest BCUT2D eigenvalue weighted by Crippen LogP contribution is 2.36. The summed E-state index contributed by atoms with van der Waals surface area (Å²) < 4.78 is 6.52. The molecule has 0 fully saturated rings. The molecule has 0 radical (unpaired) electrons. The lowest BCUT2D eigenvalue weighted by Gasteiger charge is -2.19. The van der Waals surface area contributed by atoms with E-state index in [2.05, 4.69) is 11.8 Å². The Morgan fingerprint density at radius 2 is 2.07 bits per heavy atom. The summed E-state index contributed by atoms with van der Waals surface area (Å²) in [5, 5.41) is 2.71. The number of fused-ring (bicyclic) bond motifs is 1. The fourth-order valence-electron chi connectivity index (χ4n) is 2.85. The lowest BCUT2D eigenvalue weighted by atomic mass is 10.2. The number of aryl methyl sites for hydroxylation is 1. The van der Waals surface area contributed by atoms with Gasteiger partial charge in [0.2, 0.25) is 0 Å². The first-order valence-electron chi connectivity index (χ1n) is 9.11. The number of hydrogen-bond donors (Lipinski definition) is 0. The second-order valence-electron chi connectivity index (χ2n) is 6.75. The maximum absolute atomic E-state index is 13.0. The summed E-state index contributed by atoms with van der Waals surface area (Å²) in [6.45, 7) is 3.58. The summed E-state index contributed by atoms with van der Waals surface area (Å²) in [5.74, 6) is 0.681. The molecule has 28 heavy (non-hydrogen) atoms.